The van der Waals surface area contributed by atoms with Crippen LogP contribution >= 0.6 is 0 Å². The second-order valence-electron chi connectivity index (χ2n) is 7.74. The molecule has 0 aliphatic carbocycles. The van der Waals surface area contributed by atoms with Crippen LogP contribution in [0.1, 0.15) is 47.3 Å². The van der Waals surface area contributed by atoms with Gasteiger partial charge >= 0.3 is 0 Å². The highest BCUT2D eigenvalue weighted by molar-refractivity contribution is 5.94. The molecule has 0 aromatic heterocycles. The molecular formula is C23H27F2N3O2. The van der Waals surface area contributed by atoms with Gasteiger partial charge in [-0.15, -0.1) is 0 Å². The summed E-state index contributed by atoms with van der Waals surface area (Å²) in [6.45, 7) is 3.92. The number of hydrogen-bond donors (Lipinski definition) is 1. The molecule has 0 saturated carbocycles. The lowest BCUT2D eigenvalue weighted by Crippen LogP contribution is -2.36. The maximum Gasteiger partial charge on any atom is 0.253 e. The van der Waals surface area contributed by atoms with Gasteiger partial charge in [0, 0.05) is 31.2 Å². The lowest BCUT2D eigenvalue weighted by Gasteiger charge is -2.24. The fourth-order valence-corrected chi connectivity index (χ4v) is 3.51. The Labute approximate surface area is 175 Å². The first-order valence-electron chi connectivity index (χ1n) is 10.2. The van der Waals surface area contributed by atoms with E-state index < -0.39 is 11.6 Å². The number of carbonyl (C=O) groups excluding carboxylic acids is 2. The second-order valence-corrected chi connectivity index (χ2v) is 7.74. The third-order valence-electron chi connectivity index (χ3n) is 5.56. The highest BCUT2D eigenvalue weighted by Gasteiger charge is 2.19. The van der Waals surface area contributed by atoms with Crippen LogP contribution in [0.15, 0.2) is 42.5 Å². The molecule has 0 radical (unpaired) electrons. The summed E-state index contributed by atoms with van der Waals surface area (Å²) < 4.78 is 26.6. The van der Waals surface area contributed by atoms with Gasteiger partial charge in [0.15, 0.2) is 11.6 Å². The fourth-order valence-electron chi connectivity index (χ4n) is 3.51. The summed E-state index contributed by atoms with van der Waals surface area (Å²) in [5.74, 6) is -1.91. The monoisotopic (exact) mass is 415 g/mol. The van der Waals surface area contributed by atoms with Gasteiger partial charge in [0.2, 0.25) is 5.91 Å². The average molecular weight is 415 g/mol. The highest BCUT2D eigenvalue weighted by Crippen LogP contribution is 2.20. The van der Waals surface area contributed by atoms with Crippen LogP contribution in [0, 0.1) is 11.6 Å². The molecule has 5 nitrogen and oxygen atoms in total. The summed E-state index contributed by atoms with van der Waals surface area (Å²) in [6, 6.07) is 10.8. The summed E-state index contributed by atoms with van der Waals surface area (Å²) in [4.78, 5) is 28.3. The van der Waals surface area contributed by atoms with Crippen molar-refractivity contribution in [3.8, 4) is 0 Å². The van der Waals surface area contributed by atoms with E-state index in [2.05, 4.69) is 5.32 Å². The van der Waals surface area contributed by atoms with Gasteiger partial charge in [-0.05, 0) is 62.2 Å². The fraction of sp³-hybridized carbons (Fsp3) is 0.391. The molecule has 0 spiro atoms. The van der Waals surface area contributed by atoms with Crippen LogP contribution in [-0.2, 0) is 11.3 Å². The number of hydrogen-bond acceptors (Lipinski definition) is 3. The smallest absolute Gasteiger partial charge is 0.253 e. The van der Waals surface area contributed by atoms with Crippen LogP contribution in [0.5, 0.6) is 0 Å². The number of halogens is 2. The van der Waals surface area contributed by atoms with Crippen LogP contribution in [0.3, 0.4) is 0 Å². The van der Waals surface area contributed by atoms with Crippen molar-refractivity contribution >= 4 is 11.8 Å². The van der Waals surface area contributed by atoms with Crippen molar-refractivity contribution in [2.75, 3.05) is 26.7 Å². The molecule has 3 rings (SSSR count). The molecular weight excluding hydrogens is 388 g/mol. The molecule has 2 aromatic rings. The number of rotatable bonds is 7. The van der Waals surface area contributed by atoms with Crippen molar-refractivity contribution in [3.05, 3.63) is 70.8 Å². The molecule has 2 aromatic carbocycles. The summed E-state index contributed by atoms with van der Waals surface area (Å²) in [7, 11) is 1.75. The third-order valence-corrected chi connectivity index (χ3v) is 5.56. The molecule has 1 atom stereocenters. The van der Waals surface area contributed by atoms with Crippen LogP contribution in [-0.4, -0.2) is 48.3 Å². The molecule has 1 heterocycles. The molecule has 1 aliphatic rings. The van der Waals surface area contributed by atoms with Gasteiger partial charge in [-0.2, -0.15) is 0 Å². The standard InChI is InChI=1S/C23H27F2N3O2/c1-16(19-9-10-20(24)21(25)13-19)27(2)15-22(29)26-14-17-5-7-18(8-6-17)23(30)28-11-3-4-12-28/h5-10,13,16H,3-4,11-12,14-15H2,1-2H3,(H,26,29). The molecule has 1 unspecified atom stereocenters. The van der Waals surface area contributed by atoms with Crippen LogP contribution < -0.4 is 5.32 Å². The Hall–Kier alpha value is -2.80. The Kier molecular flexibility index (Phi) is 7.15. The van der Waals surface area contributed by atoms with Crippen molar-refractivity contribution in [2.24, 2.45) is 0 Å². The van der Waals surface area contributed by atoms with Crippen molar-refractivity contribution in [1.29, 1.82) is 0 Å². The zero-order valence-electron chi connectivity index (χ0n) is 17.3. The molecule has 30 heavy (non-hydrogen) atoms. The molecule has 1 saturated heterocycles. The normalized spacial score (nSPS) is 14.8. The van der Waals surface area contributed by atoms with Crippen molar-refractivity contribution < 1.29 is 18.4 Å². The van der Waals surface area contributed by atoms with E-state index in [1.54, 1.807) is 24.1 Å². The first kappa shape index (κ1) is 21.9. The SMILES string of the molecule is CC(c1ccc(F)c(F)c1)N(C)CC(=O)NCc1ccc(C(=O)N2CCCC2)cc1. The van der Waals surface area contributed by atoms with Gasteiger partial charge in [-0.3, -0.25) is 14.5 Å². The van der Waals surface area contributed by atoms with E-state index in [1.807, 2.05) is 24.0 Å². The predicted octanol–water partition coefficient (Wildman–Crippen LogP) is 3.51. The van der Waals surface area contributed by atoms with Gasteiger partial charge < -0.3 is 10.2 Å². The minimum atomic E-state index is -0.899. The Morgan fingerprint density at radius 2 is 1.73 bits per heavy atom. The van der Waals surface area contributed by atoms with E-state index in [9.17, 15) is 18.4 Å². The first-order valence-corrected chi connectivity index (χ1v) is 10.2. The van der Waals surface area contributed by atoms with Gasteiger partial charge in [0.25, 0.3) is 5.91 Å². The quantitative estimate of drug-likeness (QED) is 0.753. The van der Waals surface area contributed by atoms with Crippen LogP contribution in [0.25, 0.3) is 0 Å². The lowest BCUT2D eigenvalue weighted by molar-refractivity contribution is -0.122. The number of nitrogens with zero attached hydrogens (tertiary/aromatic N) is 2. The summed E-state index contributed by atoms with van der Waals surface area (Å²) in [6.07, 6.45) is 2.11. The second kappa shape index (κ2) is 9.80. The number of carbonyl (C=O) groups is 2. The number of nitrogens with one attached hydrogen (secondary N) is 1. The van der Waals surface area contributed by atoms with Gasteiger partial charge in [-0.25, -0.2) is 8.78 Å². The molecule has 1 N–H and O–H groups in total. The molecule has 2 amide bonds. The van der Waals surface area contributed by atoms with E-state index in [0.29, 0.717) is 17.7 Å². The van der Waals surface area contributed by atoms with E-state index in [-0.39, 0.29) is 24.4 Å². The van der Waals surface area contributed by atoms with E-state index in [0.717, 1.165) is 43.6 Å². The van der Waals surface area contributed by atoms with E-state index in [1.165, 1.54) is 6.07 Å². The van der Waals surface area contributed by atoms with Crippen LogP contribution in [0.4, 0.5) is 8.78 Å². The number of likely N-dealkylation sites (N-methyl/N-ethyl adjacent to an activating group) is 1. The van der Waals surface area contributed by atoms with E-state index >= 15 is 0 Å². The minimum Gasteiger partial charge on any atom is -0.351 e. The summed E-state index contributed by atoms with van der Waals surface area (Å²) >= 11 is 0. The molecule has 160 valence electrons. The largest absolute Gasteiger partial charge is 0.351 e. The topological polar surface area (TPSA) is 52.7 Å². The van der Waals surface area contributed by atoms with Crippen LogP contribution in [0.2, 0.25) is 0 Å². The Balaban J connectivity index is 1.48. The van der Waals surface area contributed by atoms with Gasteiger partial charge in [0.05, 0.1) is 6.54 Å². The number of likely N-dealkylation sites (tertiary alicyclic amines) is 1. The lowest BCUT2D eigenvalue weighted by atomic mass is 10.1. The van der Waals surface area contributed by atoms with Crippen molar-refractivity contribution in [3.63, 3.8) is 0 Å². The first-order chi connectivity index (χ1) is 14.3. The van der Waals surface area contributed by atoms with Gasteiger partial charge in [-0.1, -0.05) is 18.2 Å². The number of benzene rings is 2. The zero-order chi connectivity index (χ0) is 21.7. The van der Waals surface area contributed by atoms with E-state index in [4.69, 9.17) is 0 Å². The minimum absolute atomic E-state index is 0.0518. The number of amides is 2. The Bertz CT molecular complexity index is 896. The average Bonchev–Trinajstić information content (AvgIpc) is 3.28. The summed E-state index contributed by atoms with van der Waals surface area (Å²) in [5.41, 5.74) is 2.16. The molecule has 1 fully saturated rings. The third kappa shape index (κ3) is 5.42. The molecule has 7 heteroatoms. The van der Waals surface area contributed by atoms with Crippen molar-refractivity contribution in [1.82, 2.24) is 15.1 Å². The molecule has 1 aliphatic heterocycles. The Morgan fingerprint density at radius 3 is 2.37 bits per heavy atom. The maximum absolute atomic E-state index is 13.4. The highest BCUT2D eigenvalue weighted by atomic mass is 19.2. The Morgan fingerprint density at radius 1 is 1.07 bits per heavy atom. The molecule has 0 bridgehead atoms. The maximum atomic E-state index is 13.4. The predicted molar refractivity (Wildman–Crippen MR) is 111 cm³/mol. The van der Waals surface area contributed by atoms with Gasteiger partial charge in [0.1, 0.15) is 0 Å². The summed E-state index contributed by atoms with van der Waals surface area (Å²) in [5, 5.41) is 2.85. The van der Waals surface area contributed by atoms with Crippen molar-refractivity contribution in [2.45, 2.75) is 32.4 Å². The zero-order valence-corrected chi connectivity index (χ0v) is 17.3.